The highest BCUT2D eigenvalue weighted by Gasteiger charge is 2.33. The smallest absolute Gasteiger partial charge is 0.407 e. The van der Waals surface area contributed by atoms with Crippen LogP contribution < -0.4 is 10.6 Å². The fourth-order valence-corrected chi connectivity index (χ4v) is 3.51. The van der Waals surface area contributed by atoms with Gasteiger partial charge in [-0.05, 0) is 45.8 Å². The van der Waals surface area contributed by atoms with Gasteiger partial charge in [0.1, 0.15) is 5.60 Å². The predicted molar refractivity (Wildman–Crippen MR) is 75.0 cm³/mol. The number of alkyl carbamates (subject to hydrolysis) is 1. The van der Waals surface area contributed by atoms with Gasteiger partial charge in [0.05, 0.1) is 0 Å². The summed E-state index contributed by atoms with van der Waals surface area (Å²) >= 11 is 2.02. The summed E-state index contributed by atoms with van der Waals surface area (Å²) in [5.41, 5.74) is -0.410. The number of carbonyl (C=O) groups excluding carboxylic acids is 1. The van der Waals surface area contributed by atoms with Crippen molar-refractivity contribution in [2.24, 2.45) is 0 Å². The van der Waals surface area contributed by atoms with E-state index in [0.29, 0.717) is 12.1 Å². The van der Waals surface area contributed by atoms with Crippen molar-refractivity contribution in [2.45, 2.75) is 63.8 Å². The van der Waals surface area contributed by atoms with E-state index in [2.05, 4.69) is 10.6 Å². The Morgan fingerprint density at radius 1 is 1.22 bits per heavy atom. The standard InChI is InChI=1S/C13H24N2O2S/c1-13(2,3)17-12(16)15-11-6-10(7-11)14-9-4-5-18-8-9/h9-11,14H,4-8H2,1-3H3,(H,15,16). The van der Waals surface area contributed by atoms with Crippen molar-refractivity contribution in [1.82, 2.24) is 10.6 Å². The van der Waals surface area contributed by atoms with Crippen molar-refractivity contribution in [3.05, 3.63) is 0 Å². The molecule has 1 saturated heterocycles. The van der Waals surface area contributed by atoms with Crippen LogP contribution in [0.3, 0.4) is 0 Å². The Bertz CT molecular complexity index is 292. The number of hydrogen-bond donors (Lipinski definition) is 2. The lowest BCUT2D eigenvalue weighted by molar-refractivity contribution is 0.0463. The van der Waals surface area contributed by atoms with Crippen LogP contribution in [0.25, 0.3) is 0 Å². The van der Waals surface area contributed by atoms with Gasteiger partial charge in [0.2, 0.25) is 0 Å². The van der Waals surface area contributed by atoms with E-state index in [1.54, 1.807) is 0 Å². The molecule has 18 heavy (non-hydrogen) atoms. The fraction of sp³-hybridized carbons (Fsp3) is 0.923. The molecule has 0 aromatic heterocycles. The van der Waals surface area contributed by atoms with Gasteiger partial charge in [0, 0.05) is 23.9 Å². The van der Waals surface area contributed by atoms with E-state index < -0.39 is 5.60 Å². The number of amides is 1. The Hall–Kier alpha value is -0.420. The third-order valence-corrected chi connectivity index (χ3v) is 4.42. The Morgan fingerprint density at radius 2 is 1.94 bits per heavy atom. The normalized spacial score (nSPS) is 31.8. The van der Waals surface area contributed by atoms with Gasteiger partial charge in [-0.15, -0.1) is 0 Å². The molecule has 2 rings (SSSR count). The molecule has 1 heterocycles. The average Bonchev–Trinajstić information content (AvgIpc) is 2.63. The molecule has 1 atom stereocenters. The first-order valence-electron chi connectivity index (χ1n) is 6.76. The summed E-state index contributed by atoms with van der Waals surface area (Å²) < 4.78 is 5.24. The SMILES string of the molecule is CC(C)(C)OC(=O)NC1CC(NC2CCSC2)C1. The molecule has 2 N–H and O–H groups in total. The summed E-state index contributed by atoms with van der Waals surface area (Å²) in [6, 6.07) is 1.54. The minimum Gasteiger partial charge on any atom is -0.444 e. The monoisotopic (exact) mass is 272 g/mol. The highest BCUT2D eigenvalue weighted by Crippen LogP contribution is 2.24. The van der Waals surface area contributed by atoms with E-state index in [1.165, 1.54) is 17.9 Å². The Kier molecular flexibility index (Phi) is 4.43. The molecular formula is C13H24N2O2S. The number of carbonyl (C=O) groups is 1. The number of thioether (sulfide) groups is 1. The molecule has 1 aliphatic heterocycles. The minimum atomic E-state index is -0.410. The van der Waals surface area contributed by atoms with E-state index in [4.69, 9.17) is 4.74 Å². The second-order valence-corrected chi connectivity index (χ2v) is 7.39. The molecule has 1 unspecified atom stereocenters. The van der Waals surface area contributed by atoms with Crippen LogP contribution in [0.1, 0.15) is 40.0 Å². The van der Waals surface area contributed by atoms with Gasteiger partial charge in [0.15, 0.2) is 0 Å². The second kappa shape index (κ2) is 5.70. The zero-order valence-corrected chi connectivity index (χ0v) is 12.3. The largest absolute Gasteiger partial charge is 0.444 e. The molecule has 0 aromatic carbocycles. The maximum absolute atomic E-state index is 11.6. The molecule has 104 valence electrons. The maximum atomic E-state index is 11.6. The van der Waals surface area contributed by atoms with Crippen molar-refractivity contribution in [3.63, 3.8) is 0 Å². The first-order valence-corrected chi connectivity index (χ1v) is 7.91. The predicted octanol–water partition coefficient (Wildman–Crippen LogP) is 2.14. The molecule has 2 aliphatic rings. The van der Waals surface area contributed by atoms with Crippen molar-refractivity contribution in [2.75, 3.05) is 11.5 Å². The van der Waals surface area contributed by atoms with Crippen LogP contribution >= 0.6 is 11.8 Å². The Labute approximate surface area is 114 Å². The first kappa shape index (κ1) is 14.0. The van der Waals surface area contributed by atoms with Crippen molar-refractivity contribution in [1.29, 1.82) is 0 Å². The first-order chi connectivity index (χ1) is 8.42. The summed E-state index contributed by atoms with van der Waals surface area (Å²) in [6.45, 7) is 5.65. The molecule has 0 aromatic rings. The summed E-state index contributed by atoms with van der Waals surface area (Å²) in [5, 5.41) is 6.58. The van der Waals surface area contributed by atoms with E-state index >= 15 is 0 Å². The molecule has 1 aliphatic carbocycles. The minimum absolute atomic E-state index is 0.284. The third kappa shape index (κ3) is 4.35. The van der Waals surface area contributed by atoms with E-state index in [1.807, 2.05) is 32.5 Å². The molecule has 1 amide bonds. The van der Waals surface area contributed by atoms with Crippen LogP contribution in [-0.4, -0.2) is 41.3 Å². The van der Waals surface area contributed by atoms with Crippen LogP contribution in [0.4, 0.5) is 4.79 Å². The number of nitrogens with one attached hydrogen (secondary N) is 2. The zero-order valence-electron chi connectivity index (χ0n) is 11.5. The van der Waals surface area contributed by atoms with Gasteiger partial charge < -0.3 is 15.4 Å². The number of rotatable bonds is 3. The quantitative estimate of drug-likeness (QED) is 0.826. The molecular weight excluding hydrogens is 248 g/mol. The molecule has 4 nitrogen and oxygen atoms in total. The van der Waals surface area contributed by atoms with E-state index in [-0.39, 0.29) is 12.1 Å². The molecule has 5 heteroatoms. The van der Waals surface area contributed by atoms with Crippen molar-refractivity contribution >= 4 is 17.9 Å². The van der Waals surface area contributed by atoms with Gasteiger partial charge in [-0.25, -0.2) is 4.79 Å². The van der Waals surface area contributed by atoms with Crippen LogP contribution in [0, 0.1) is 0 Å². The van der Waals surface area contributed by atoms with Crippen LogP contribution in [-0.2, 0) is 4.74 Å². The summed E-state index contributed by atoms with van der Waals surface area (Å²) in [6.07, 6.45) is 3.05. The molecule has 0 radical (unpaired) electrons. The van der Waals surface area contributed by atoms with E-state index in [0.717, 1.165) is 12.8 Å². The summed E-state index contributed by atoms with van der Waals surface area (Å²) in [4.78, 5) is 11.6. The zero-order chi connectivity index (χ0) is 13.2. The third-order valence-electron chi connectivity index (χ3n) is 3.26. The van der Waals surface area contributed by atoms with Crippen molar-refractivity contribution in [3.8, 4) is 0 Å². The molecule has 2 fully saturated rings. The van der Waals surface area contributed by atoms with Crippen molar-refractivity contribution < 1.29 is 9.53 Å². The lowest BCUT2D eigenvalue weighted by Gasteiger charge is -2.38. The topological polar surface area (TPSA) is 50.4 Å². The Morgan fingerprint density at radius 3 is 2.50 bits per heavy atom. The number of hydrogen-bond acceptors (Lipinski definition) is 4. The van der Waals surface area contributed by atoms with Crippen LogP contribution in [0.2, 0.25) is 0 Å². The number of ether oxygens (including phenoxy) is 1. The summed E-state index contributed by atoms with van der Waals surface area (Å²) in [7, 11) is 0. The van der Waals surface area contributed by atoms with E-state index in [9.17, 15) is 4.79 Å². The lowest BCUT2D eigenvalue weighted by atomic mass is 9.86. The maximum Gasteiger partial charge on any atom is 0.407 e. The molecule has 1 saturated carbocycles. The second-order valence-electron chi connectivity index (χ2n) is 6.24. The lowest BCUT2D eigenvalue weighted by Crippen LogP contribution is -2.55. The fourth-order valence-electron chi connectivity index (χ4n) is 2.35. The van der Waals surface area contributed by atoms with Gasteiger partial charge in [0.25, 0.3) is 0 Å². The average molecular weight is 272 g/mol. The Balaban J connectivity index is 1.59. The highest BCUT2D eigenvalue weighted by atomic mass is 32.2. The van der Waals surface area contributed by atoms with Gasteiger partial charge in [-0.1, -0.05) is 0 Å². The van der Waals surface area contributed by atoms with Crippen LogP contribution in [0.5, 0.6) is 0 Å². The van der Waals surface area contributed by atoms with Gasteiger partial charge in [-0.3, -0.25) is 0 Å². The molecule has 0 bridgehead atoms. The molecule has 0 spiro atoms. The van der Waals surface area contributed by atoms with Crippen LogP contribution in [0.15, 0.2) is 0 Å². The van der Waals surface area contributed by atoms with Gasteiger partial charge >= 0.3 is 6.09 Å². The van der Waals surface area contributed by atoms with Gasteiger partial charge in [-0.2, -0.15) is 11.8 Å². The highest BCUT2D eigenvalue weighted by molar-refractivity contribution is 7.99. The summed E-state index contributed by atoms with van der Waals surface area (Å²) in [5.74, 6) is 2.52.